The average molecular weight is 223 g/mol. The van der Waals surface area contributed by atoms with Gasteiger partial charge in [0.2, 0.25) is 0 Å². The Morgan fingerprint density at radius 1 is 1.00 bits per heavy atom. The number of aromatic hydroxyl groups is 1. The molecule has 0 unspecified atom stereocenters. The Hall–Kier alpha value is -1.54. The Bertz CT molecular complexity index is 497. The standard InChI is InChI=1S/C12H8ClFO/c13-11-7-9(4-5-12(11)15)8-2-1-3-10(14)6-8/h1-7,15H. The number of hydrogen-bond acceptors (Lipinski definition) is 1. The van der Waals surface area contributed by atoms with E-state index in [-0.39, 0.29) is 16.6 Å². The van der Waals surface area contributed by atoms with Crippen LogP contribution in [0.25, 0.3) is 11.1 Å². The van der Waals surface area contributed by atoms with E-state index >= 15 is 0 Å². The van der Waals surface area contributed by atoms with Crippen LogP contribution in [0.1, 0.15) is 0 Å². The lowest BCUT2D eigenvalue weighted by Crippen LogP contribution is -1.80. The highest BCUT2D eigenvalue weighted by molar-refractivity contribution is 6.32. The molecule has 2 rings (SSSR count). The van der Waals surface area contributed by atoms with Crippen LogP contribution in [0.3, 0.4) is 0 Å². The maximum absolute atomic E-state index is 13.0. The molecule has 0 aromatic heterocycles. The summed E-state index contributed by atoms with van der Waals surface area (Å²) in [7, 11) is 0. The third-order valence-corrected chi connectivity index (χ3v) is 2.41. The summed E-state index contributed by atoms with van der Waals surface area (Å²) in [5.41, 5.74) is 1.51. The van der Waals surface area contributed by atoms with Crippen LogP contribution in [0.2, 0.25) is 5.02 Å². The normalized spacial score (nSPS) is 10.3. The average Bonchev–Trinajstić information content (AvgIpc) is 2.22. The number of hydrogen-bond donors (Lipinski definition) is 1. The monoisotopic (exact) mass is 222 g/mol. The molecule has 1 N–H and O–H groups in total. The summed E-state index contributed by atoms with van der Waals surface area (Å²) in [4.78, 5) is 0. The van der Waals surface area contributed by atoms with E-state index in [0.717, 1.165) is 11.1 Å². The Balaban J connectivity index is 2.50. The van der Waals surface area contributed by atoms with E-state index < -0.39 is 0 Å². The Morgan fingerprint density at radius 2 is 1.73 bits per heavy atom. The minimum Gasteiger partial charge on any atom is -0.506 e. The topological polar surface area (TPSA) is 20.2 Å². The third-order valence-electron chi connectivity index (χ3n) is 2.11. The number of benzene rings is 2. The van der Waals surface area contributed by atoms with Gasteiger partial charge in [0.15, 0.2) is 0 Å². The molecule has 1 nitrogen and oxygen atoms in total. The molecule has 0 spiro atoms. The number of rotatable bonds is 1. The largest absolute Gasteiger partial charge is 0.506 e. The molecule has 0 amide bonds. The van der Waals surface area contributed by atoms with Crippen LogP contribution in [0.15, 0.2) is 42.5 Å². The van der Waals surface area contributed by atoms with Gasteiger partial charge in [-0.1, -0.05) is 29.8 Å². The van der Waals surface area contributed by atoms with Crippen molar-refractivity contribution in [3.63, 3.8) is 0 Å². The molecule has 0 saturated heterocycles. The Morgan fingerprint density at radius 3 is 2.40 bits per heavy atom. The van der Waals surface area contributed by atoms with Crippen LogP contribution in [-0.4, -0.2) is 5.11 Å². The number of phenols is 1. The van der Waals surface area contributed by atoms with Crippen LogP contribution in [0.4, 0.5) is 4.39 Å². The van der Waals surface area contributed by atoms with Crippen LogP contribution >= 0.6 is 11.6 Å². The van der Waals surface area contributed by atoms with E-state index in [1.54, 1.807) is 24.3 Å². The molecule has 0 heterocycles. The first kappa shape index (κ1) is 9.99. The zero-order valence-electron chi connectivity index (χ0n) is 7.74. The fourth-order valence-corrected chi connectivity index (χ4v) is 1.54. The molecule has 0 saturated carbocycles. The van der Waals surface area contributed by atoms with Crippen molar-refractivity contribution in [3.8, 4) is 16.9 Å². The van der Waals surface area contributed by atoms with Crippen LogP contribution in [-0.2, 0) is 0 Å². The van der Waals surface area contributed by atoms with Crippen molar-refractivity contribution in [1.82, 2.24) is 0 Å². The first-order valence-electron chi connectivity index (χ1n) is 4.41. The lowest BCUT2D eigenvalue weighted by atomic mass is 10.1. The van der Waals surface area contributed by atoms with Gasteiger partial charge in [0.05, 0.1) is 5.02 Å². The van der Waals surface area contributed by atoms with E-state index in [1.165, 1.54) is 18.2 Å². The smallest absolute Gasteiger partial charge is 0.134 e. The maximum Gasteiger partial charge on any atom is 0.134 e. The highest BCUT2D eigenvalue weighted by atomic mass is 35.5. The molecule has 0 fully saturated rings. The molecule has 0 bridgehead atoms. The van der Waals surface area contributed by atoms with E-state index in [0.29, 0.717) is 0 Å². The predicted octanol–water partition coefficient (Wildman–Crippen LogP) is 3.85. The molecular formula is C12H8ClFO. The van der Waals surface area contributed by atoms with Crippen molar-refractivity contribution >= 4 is 11.6 Å². The van der Waals surface area contributed by atoms with Crippen LogP contribution in [0.5, 0.6) is 5.75 Å². The number of halogens is 2. The van der Waals surface area contributed by atoms with E-state index in [2.05, 4.69) is 0 Å². The van der Waals surface area contributed by atoms with Crippen molar-refractivity contribution in [2.24, 2.45) is 0 Å². The van der Waals surface area contributed by atoms with Gasteiger partial charge in [-0.05, 0) is 35.4 Å². The molecule has 0 atom stereocenters. The molecule has 0 radical (unpaired) electrons. The predicted molar refractivity (Wildman–Crippen MR) is 58.5 cm³/mol. The Kier molecular flexibility index (Phi) is 2.60. The second kappa shape index (κ2) is 3.91. The van der Waals surface area contributed by atoms with Crippen LogP contribution < -0.4 is 0 Å². The molecule has 2 aromatic carbocycles. The van der Waals surface area contributed by atoms with Gasteiger partial charge >= 0.3 is 0 Å². The minimum atomic E-state index is -0.295. The van der Waals surface area contributed by atoms with Gasteiger partial charge in [0.25, 0.3) is 0 Å². The van der Waals surface area contributed by atoms with Gasteiger partial charge in [-0.15, -0.1) is 0 Å². The summed E-state index contributed by atoms with van der Waals surface area (Å²) >= 11 is 5.76. The van der Waals surface area contributed by atoms with Crippen molar-refractivity contribution in [1.29, 1.82) is 0 Å². The maximum atomic E-state index is 13.0. The lowest BCUT2D eigenvalue weighted by Gasteiger charge is -2.03. The molecule has 2 aromatic rings. The highest BCUT2D eigenvalue weighted by Crippen LogP contribution is 2.29. The number of phenolic OH excluding ortho intramolecular Hbond substituents is 1. The molecule has 3 heteroatoms. The zero-order chi connectivity index (χ0) is 10.8. The SMILES string of the molecule is Oc1ccc(-c2cccc(F)c2)cc1Cl. The van der Waals surface area contributed by atoms with Crippen LogP contribution in [0, 0.1) is 5.82 Å². The first-order valence-corrected chi connectivity index (χ1v) is 4.79. The first-order chi connectivity index (χ1) is 7.16. The molecule has 0 aliphatic carbocycles. The van der Waals surface area contributed by atoms with Gasteiger partial charge < -0.3 is 5.11 Å². The zero-order valence-corrected chi connectivity index (χ0v) is 8.50. The van der Waals surface area contributed by atoms with E-state index in [1.807, 2.05) is 0 Å². The fourth-order valence-electron chi connectivity index (χ4n) is 1.35. The van der Waals surface area contributed by atoms with Crippen molar-refractivity contribution in [2.45, 2.75) is 0 Å². The van der Waals surface area contributed by atoms with Crippen molar-refractivity contribution in [3.05, 3.63) is 53.3 Å². The highest BCUT2D eigenvalue weighted by Gasteiger charge is 2.02. The van der Waals surface area contributed by atoms with Gasteiger partial charge in [0.1, 0.15) is 11.6 Å². The molecule has 0 aliphatic heterocycles. The summed E-state index contributed by atoms with van der Waals surface area (Å²) in [5, 5.41) is 9.50. The summed E-state index contributed by atoms with van der Waals surface area (Å²) in [6, 6.07) is 11.0. The molecule has 76 valence electrons. The van der Waals surface area contributed by atoms with Gasteiger partial charge in [-0.3, -0.25) is 0 Å². The summed E-state index contributed by atoms with van der Waals surface area (Å²) < 4.78 is 13.0. The summed E-state index contributed by atoms with van der Waals surface area (Å²) in [5.74, 6) is -0.270. The molecule has 15 heavy (non-hydrogen) atoms. The van der Waals surface area contributed by atoms with Gasteiger partial charge in [-0.25, -0.2) is 4.39 Å². The Labute approximate surface area is 91.8 Å². The van der Waals surface area contributed by atoms with Crippen molar-refractivity contribution < 1.29 is 9.50 Å². The van der Waals surface area contributed by atoms with Gasteiger partial charge in [0, 0.05) is 0 Å². The van der Waals surface area contributed by atoms with Crippen molar-refractivity contribution in [2.75, 3.05) is 0 Å². The van der Waals surface area contributed by atoms with E-state index in [9.17, 15) is 9.50 Å². The summed E-state index contributed by atoms with van der Waals surface area (Å²) in [6.07, 6.45) is 0. The molecule has 0 aliphatic rings. The lowest BCUT2D eigenvalue weighted by molar-refractivity contribution is 0.475. The van der Waals surface area contributed by atoms with Gasteiger partial charge in [-0.2, -0.15) is 0 Å². The fraction of sp³-hybridized carbons (Fsp3) is 0. The second-order valence-electron chi connectivity index (χ2n) is 3.18. The summed E-state index contributed by atoms with van der Waals surface area (Å²) in [6.45, 7) is 0. The minimum absolute atomic E-state index is 0.0248. The molecular weight excluding hydrogens is 215 g/mol. The quantitative estimate of drug-likeness (QED) is 0.777. The third kappa shape index (κ3) is 2.10. The second-order valence-corrected chi connectivity index (χ2v) is 3.58. The van der Waals surface area contributed by atoms with E-state index in [4.69, 9.17) is 11.6 Å².